The molecule has 0 bridgehead atoms. The highest BCUT2D eigenvalue weighted by atomic mass is 32.2. The summed E-state index contributed by atoms with van der Waals surface area (Å²) in [5.74, 6) is 0.306. The van der Waals surface area contributed by atoms with Crippen molar-refractivity contribution in [3.63, 3.8) is 0 Å². The van der Waals surface area contributed by atoms with Gasteiger partial charge in [-0.25, -0.2) is 0 Å². The number of hydrogen-bond donors (Lipinski definition) is 2. The van der Waals surface area contributed by atoms with Crippen molar-refractivity contribution >= 4 is 22.5 Å². The molecule has 0 aromatic rings. The SMILES string of the molecule is CCCC(C(=O)N1CCS(=O)CC1)C(N)=NO. The Labute approximate surface area is 103 Å². The van der Waals surface area contributed by atoms with E-state index < -0.39 is 16.7 Å². The first-order chi connectivity index (χ1) is 8.10. The van der Waals surface area contributed by atoms with Crippen molar-refractivity contribution in [3.05, 3.63) is 0 Å². The molecule has 0 aromatic heterocycles. The van der Waals surface area contributed by atoms with Crippen LogP contribution in [0.15, 0.2) is 5.16 Å². The molecule has 1 saturated heterocycles. The van der Waals surface area contributed by atoms with E-state index in [1.165, 1.54) is 0 Å². The largest absolute Gasteiger partial charge is 0.409 e. The number of amidine groups is 1. The normalized spacial score (nSPS) is 20.3. The number of hydrogen-bond acceptors (Lipinski definition) is 4. The van der Waals surface area contributed by atoms with Crippen LogP contribution in [0.4, 0.5) is 0 Å². The van der Waals surface area contributed by atoms with E-state index in [1.54, 1.807) is 4.90 Å². The number of rotatable bonds is 4. The molecular formula is C10H19N3O3S. The van der Waals surface area contributed by atoms with E-state index in [2.05, 4.69) is 5.16 Å². The van der Waals surface area contributed by atoms with Gasteiger partial charge in [-0.05, 0) is 6.42 Å². The van der Waals surface area contributed by atoms with Crippen LogP contribution in [0.5, 0.6) is 0 Å². The maximum atomic E-state index is 12.2. The van der Waals surface area contributed by atoms with E-state index in [9.17, 15) is 9.00 Å². The van der Waals surface area contributed by atoms with Gasteiger partial charge in [-0.2, -0.15) is 0 Å². The molecule has 0 radical (unpaired) electrons. The maximum Gasteiger partial charge on any atom is 0.233 e. The summed E-state index contributed by atoms with van der Waals surface area (Å²) in [6, 6.07) is 0. The fourth-order valence-corrected chi connectivity index (χ4v) is 2.89. The molecular weight excluding hydrogens is 242 g/mol. The number of nitrogens with zero attached hydrogens (tertiary/aromatic N) is 2. The summed E-state index contributed by atoms with van der Waals surface area (Å²) >= 11 is 0. The van der Waals surface area contributed by atoms with Gasteiger partial charge in [0.1, 0.15) is 0 Å². The van der Waals surface area contributed by atoms with Crippen LogP contribution in [-0.2, 0) is 15.6 Å². The van der Waals surface area contributed by atoms with Crippen LogP contribution < -0.4 is 5.73 Å². The molecule has 1 aliphatic rings. The van der Waals surface area contributed by atoms with E-state index >= 15 is 0 Å². The zero-order valence-corrected chi connectivity index (χ0v) is 10.8. The van der Waals surface area contributed by atoms with Gasteiger partial charge in [0.25, 0.3) is 0 Å². The van der Waals surface area contributed by atoms with Crippen molar-refractivity contribution < 1.29 is 14.2 Å². The molecule has 0 saturated carbocycles. The minimum absolute atomic E-state index is 0.0384. The van der Waals surface area contributed by atoms with Crippen LogP contribution in [0.2, 0.25) is 0 Å². The third-order valence-corrected chi connectivity index (χ3v) is 4.11. The van der Waals surface area contributed by atoms with Crippen molar-refractivity contribution in [3.8, 4) is 0 Å². The van der Waals surface area contributed by atoms with Gasteiger partial charge in [0.2, 0.25) is 5.91 Å². The fourth-order valence-electron chi connectivity index (χ4n) is 1.83. The third-order valence-electron chi connectivity index (χ3n) is 2.84. The van der Waals surface area contributed by atoms with Gasteiger partial charge < -0.3 is 15.8 Å². The standard InChI is InChI=1S/C10H19N3O3S/c1-2-3-8(9(11)12-15)10(14)13-4-6-17(16)7-5-13/h8,15H,2-7H2,1H3,(H2,11,12). The first-order valence-corrected chi connectivity index (χ1v) is 7.20. The average molecular weight is 261 g/mol. The second-order valence-corrected chi connectivity index (χ2v) is 5.74. The van der Waals surface area contributed by atoms with Crippen molar-refractivity contribution in [1.82, 2.24) is 4.90 Å². The quantitative estimate of drug-likeness (QED) is 0.315. The number of nitrogens with two attached hydrogens (primary N) is 1. The van der Waals surface area contributed by atoms with Crippen LogP contribution in [0, 0.1) is 5.92 Å². The Balaban J connectivity index is 2.67. The summed E-state index contributed by atoms with van der Waals surface area (Å²) < 4.78 is 11.2. The summed E-state index contributed by atoms with van der Waals surface area (Å²) in [5.41, 5.74) is 5.53. The molecule has 0 spiro atoms. The smallest absolute Gasteiger partial charge is 0.233 e. The molecule has 1 fully saturated rings. The third kappa shape index (κ3) is 3.69. The van der Waals surface area contributed by atoms with E-state index in [1.807, 2.05) is 6.92 Å². The molecule has 98 valence electrons. The highest BCUT2D eigenvalue weighted by molar-refractivity contribution is 7.85. The van der Waals surface area contributed by atoms with Crippen molar-refractivity contribution in [2.24, 2.45) is 16.8 Å². The number of oxime groups is 1. The molecule has 0 aliphatic carbocycles. The summed E-state index contributed by atoms with van der Waals surface area (Å²) in [4.78, 5) is 13.8. The van der Waals surface area contributed by atoms with Gasteiger partial charge in [0.05, 0.1) is 5.92 Å². The maximum absolute atomic E-state index is 12.2. The zero-order chi connectivity index (χ0) is 12.8. The van der Waals surface area contributed by atoms with E-state index in [-0.39, 0.29) is 11.7 Å². The molecule has 6 nitrogen and oxygen atoms in total. The van der Waals surface area contributed by atoms with Gasteiger partial charge in [0.15, 0.2) is 5.84 Å². The van der Waals surface area contributed by atoms with Crippen LogP contribution in [0.25, 0.3) is 0 Å². The first kappa shape index (κ1) is 14.0. The minimum Gasteiger partial charge on any atom is -0.409 e. The van der Waals surface area contributed by atoms with Crippen LogP contribution in [-0.4, -0.2) is 50.7 Å². The Morgan fingerprint density at radius 2 is 2.12 bits per heavy atom. The molecule has 1 rings (SSSR count). The topological polar surface area (TPSA) is 96.0 Å². The van der Waals surface area contributed by atoms with Gasteiger partial charge in [-0.1, -0.05) is 18.5 Å². The summed E-state index contributed by atoms with van der Waals surface area (Å²) in [6.45, 7) is 2.92. The Morgan fingerprint density at radius 1 is 1.53 bits per heavy atom. The zero-order valence-electron chi connectivity index (χ0n) is 9.96. The molecule has 0 aromatic carbocycles. The predicted octanol–water partition coefficient (Wildman–Crippen LogP) is -0.260. The molecule has 1 aliphatic heterocycles. The van der Waals surface area contributed by atoms with Crippen molar-refractivity contribution in [1.29, 1.82) is 0 Å². The average Bonchev–Trinajstić information content (AvgIpc) is 2.35. The monoisotopic (exact) mass is 261 g/mol. The van der Waals surface area contributed by atoms with E-state index in [0.29, 0.717) is 31.0 Å². The van der Waals surface area contributed by atoms with E-state index in [4.69, 9.17) is 10.9 Å². The highest BCUT2D eigenvalue weighted by Gasteiger charge is 2.29. The lowest BCUT2D eigenvalue weighted by Crippen LogP contribution is -2.47. The van der Waals surface area contributed by atoms with Crippen LogP contribution in [0.3, 0.4) is 0 Å². The molecule has 7 heteroatoms. The fraction of sp³-hybridized carbons (Fsp3) is 0.800. The first-order valence-electron chi connectivity index (χ1n) is 5.71. The molecule has 1 heterocycles. The van der Waals surface area contributed by atoms with Gasteiger partial charge in [0, 0.05) is 35.4 Å². The molecule has 1 amide bonds. The Bertz CT molecular complexity index is 323. The summed E-state index contributed by atoms with van der Waals surface area (Å²) in [5, 5.41) is 11.6. The Hall–Kier alpha value is -1.11. The molecule has 1 unspecified atom stereocenters. The molecule has 3 N–H and O–H groups in total. The lowest BCUT2D eigenvalue weighted by Gasteiger charge is -2.29. The molecule has 1 atom stereocenters. The predicted molar refractivity (Wildman–Crippen MR) is 66.3 cm³/mol. The second kappa shape index (κ2) is 6.58. The minimum atomic E-state index is -0.812. The number of carbonyl (C=O) groups excluding carboxylic acids is 1. The van der Waals surface area contributed by atoms with Gasteiger partial charge >= 0.3 is 0 Å². The van der Waals surface area contributed by atoms with Crippen molar-refractivity contribution in [2.45, 2.75) is 19.8 Å². The lowest BCUT2D eigenvalue weighted by atomic mass is 10.0. The van der Waals surface area contributed by atoms with Crippen molar-refractivity contribution in [2.75, 3.05) is 24.6 Å². The summed E-state index contributed by atoms with van der Waals surface area (Å²) in [6.07, 6.45) is 1.35. The van der Waals surface area contributed by atoms with Crippen LogP contribution in [0.1, 0.15) is 19.8 Å². The molecule has 17 heavy (non-hydrogen) atoms. The van der Waals surface area contributed by atoms with Crippen LogP contribution >= 0.6 is 0 Å². The summed E-state index contributed by atoms with van der Waals surface area (Å²) in [7, 11) is -0.812. The number of carbonyl (C=O) groups is 1. The van der Waals surface area contributed by atoms with Gasteiger partial charge in [-0.15, -0.1) is 0 Å². The second-order valence-electron chi connectivity index (χ2n) is 4.04. The van der Waals surface area contributed by atoms with E-state index in [0.717, 1.165) is 6.42 Å². The number of amides is 1. The Morgan fingerprint density at radius 3 is 2.59 bits per heavy atom. The van der Waals surface area contributed by atoms with Gasteiger partial charge in [-0.3, -0.25) is 9.00 Å². The lowest BCUT2D eigenvalue weighted by molar-refractivity contribution is -0.133. The Kier molecular flexibility index (Phi) is 5.40. The highest BCUT2D eigenvalue weighted by Crippen LogP contribution is 2.13.